The van der Waals surface area contributed by atoms with E-state index in [4.69, 9.17) is 5.73 Å². The van der Waals surface area contributed by atoms with Crippen LogP contribution in [-0.2, 0) is 0 Å². The Kier molecular flexibility index (Phi) is 3.01. The highest BCUT2D eigenvalue weighted by Crippen LogP contribution is 2.07. The molecule has 0 saturated heterocycles. The van der Waals surface area contributed by atoms with Crippen LogP contribution in [0, 0.1) is 18.8 Å². The number of anilines is 1. The molecule has 0 radical (unpaired) electrons. The molecule has 0 bridgehead atoms. The summed E-state index contributed by atoms with van der Waals surface area (Å²) >= 11 is 3.98. The molecule has 0 aromatic carbocycles. The lowest BCUT2D eigenvalue weighted by atomic mass is 10.2. The topological polar surface area (TPSA) is 38.9 Å². The molecular formula is C9H10N2S. The first-order valence-corrected chi connectivity index (χ1v) is 4.19. The fourth-order valence-electron chi connectivity index (χ4n) is 0.795. The molecule has 0 unspecified atom stereocenters. The van der Waals surface area contributed by atoms with Gasteiger partial charge in [0.1, 0.15) is 5.82 Å². The number of nitrogens with two attached hydrogens (primary N) is 1. The Morgan fingerprint density at radius 2 is 2.42 bits per heavy atom. The monoisotopic (exact) mass is 178 g/mol. The predicted molar refractivity (Wildman–Crippen MR) is 54.1 cm³/mol. The molecule has 0 atom stereocenters. The van der Waals surface area contributed by atoms with Gasteiger partial charge in [-0.25, -0.2) is 4.98 Å². The summed E-state index contributed by atoms with van der Waals surface area (Å²) in [5, 5.41) is 0. The first-order valence-electron chi connectivity index (χ1n) is 3.56. The molecule has 1 heterocycles. The lowest BCUT2D eigenvalue weighted by Crippen LogP contribution is -1.93. The number of aryl methyl sites for hydroxylation is 1. The number of pyridine rings is 1. The predicted octanol–water partition coefficient (Wildman–Crippen LogP) is 1.25. The molecular weight excluding hydrogens is 168 g/mol. The van der Waals surface area contributed by atoms with Crippen molar-refractivity contribution in [2.75, 3.05) is 11.5 Å². The Morgan fingerprint density at radius 1 is 1.67 bits per heavy atom. The van der Waals surface area contributed by atoms with Gasteiger partial charge in [0.05, 0.1) is 5.75 Å². The van der Waals surface area contributed by atoms with Gasteiger partial charge in [-0.15, -0.1) is 0 Å². The van der Waals surface area contributed by atoms with Crippen molar-refractivity contribution in [3.05, 3.63) is 23.4 Å². The molecule has 0 fully saturated rings. The summed E-state index contributed by atoms with van der Waals surface area (Å²) in [7, 11) is 0. The van der Waals surface area contributed by atoms with Crippen LogP contribution in [-0.4, -0.2) is 10.7 Å². The summed E-state index contributed by atoms with van der Waals surface area (Å²) < 4.78 is 0. The standard InChI is InChI=1S/C9H10N2S/c1-7-5-8(3-2-4-12)6-11-9(7)10/h5-6,12H,4H2,1H3,(H2,10,11). The van der Waals surface area contributed by atoms with Crippen LogP contribution in [0.4, 0.5) is 5.82 Å². The van der Waals surface area contributed by atoms with E-state index in [2.05, 4.69) is 29.5 Å². The summed E-state index contributed by atoms with van der Waals surface area (Å²) in [6, 6.07) is 1.92. The van der Waals surface area contributed by atoms with Crippen LogP contribution in [0.2, 0.25) is 0 Å². The Balaban J connectivity index is 2.97. The van der Waals surface area contributed by atoms with Gasteiger partial charge < -0.3 is 5.73 Å². The second-order valence-electron chi connectivity index (χ2n) is 2.39. The number of hydrogen-bond acceptors (Lipinski definition) is 3. The minimum atomic E-state index is 0.559. The molecule has 12 heavy (non-hydrogen) atoms. The van der Waals surface area contributed by atoms with Crippen molar-refractivity contribution >= 4 is 18.4 Å². The van der Waals surface area contributed by atoms with Crippen molar-refractivity contribution in [3.63, 3.8) is 0 Å². The van der Waals surface area contributed by atoms with Gasteiger partial charge in [0, 0.05) is 11.8 Å². The average molecular weight is 178 g/mol. The molecule has 2 nitrogen and oxygen atoms in total. The third-order valence-corrected chi connectivity index (χ3v) is 1.59. The maximum atomic E-state index is 5.54. The van der Waals surface area contributed by atoms with Crippen LogP contribution in [0.25, 0.3) is 0 Å². The number of rotatable bonds is 0. The fraction of sp³-hybridized carbons (Fsp3) is 0.222. The third-order valence-electron chi connectivity index (χ3n) is 1.43. The molecule has 0 amide bonds. The number of aromatic nitrogens is 1. The summed E-state index contributed by atoms with van der Waals surface area (Å²) in [6.07, 6.45) is 1.67. The van der Waals surface area contributed by atoms with Gasteiger partial charge in [-0.05, 0) is 18.6 Å². The van der Waals surface area contributed by atoms with Gasteiger partial charge in [0.2, 0.25) is 0 Å². The third kappa shape index (κ3) is 2.18. The van der Waals surface area contributed by atoms with Gasteiger partial charge in [0.25, 0.3) is 0 Å². The maximum absolute atomic E-state index is 5.54. The zero-order valence-electron chi connectivity index (χ0n) is 6.83. The van der Waals surface area contributed by atoms with Crippen molar-refractivity contribution in [2.45, 2.75) is 6.92 Å². The zero-order valence-corrected chi connectivity index (χ0v) is 7.73. The number of nitrogen functional groups attached to an aromatic ring is 1. The zero-order chi connectivity index (χ0) is 8.97. The Morgan fingerprint density at radius 3 is 3.00 bits per heavy atom. The number of nitrogens with zero attached hydrogens (tertiary/aromatic N) is 1. The van der Waals surface area contributed by atoms with E-state index in [9.17, 15) is 0 Å². The highest BCUT2D eigenvalue weighted by atomic mass is 32.1. The highest BCUT2D eigenvalue weighted by Gasteiger charge is 1.93. The summed E-state index contributed by atoms with van der Waals surface area (Å²) in [5.41, 5.74) is 7.39. The molecule has 0 aliphatic carbocycles. The number of thiol groups is 1. The van der Waals surface area contributed by atoms with Crippen LogP contribution in [0.5, 0.6) is 0 Å². The van der Waals surface area contributed by atoms with Crippen LogP contribution >= 0.6 is 12.6 Å². The van der Waals surface area contributed by atoms with E-state index in [0.29, 0.717) is 11.6 Å². The van der Waals surface area contributed by atoms with Crippen molar-refractivity contribution in [2.24, 2.45) is 0 Å². The minimum absolute atomic E-state index is 0.559. The first kappa shape index (κ1) is 8.95. The van der Waals surface area contributed by atoms with Crippen LogP contribution in [0.3, 0.4) is 0 Å². The van der Waals surface area contributed by atoms with E-state index >= 15 is 0 Å². The average Bonchev–Trinajstić information content (AvgIpc) is 2.07. The summed E-state index contributed by atoms with van der Waals surface area (Å²) in [4.78, 5) is 3.98. The highest BCUT2D eigenvalue weighted by molar-refractivity contribution is 7.80. The number of hydrogen-bond donors (Lipinski definition) is 2. The molecule has 2 N–H and O–H groups in total. The fourth-order valence-corrected chi connectivity index (χ4v) is 0.874. The van der Waals surface area contributed by atoms with E-state index in [1.807, 2.05) is 13.0 Å². The molecule has 1 aromatic rings. The normalized spacial score (nSPS) is 8.83. The molecule has 62 valence electrons. The van der Waals surface area contributed by atoms with E-state index in [-0.39, 0.29) is 0 Å². The molecule has 0 aliphatic rings. The van der Waals surface area contributed by atoms with E-state index in [1.165, 1.54) is 0 Å². The van der Waals surface area contributed by atoms with Crippen LogP contribution < -0.4 is 5.73 Å². The lowest BCUT2D eigenvalue weighted by molar-refractivity contribution is 1.27. The van der Waals surface area contributed by atoms with Gasteiger partial charge in [-0.3, -0.25) is 0 Å². The quantitative estimate of drug-likeness (QED) is 0.463. The Labute approximate surface area is 77.6 Å². The Hall–Kier alpha value is -1.14. The lowest BCUT2D eigenvalue weighted by Gasteiger charge is -1.97. The van der Waals surface area contributed by atoms with Crippen LogP contribution in [0.15, 0.2) is 12.3 Å². The van der Waals surface area contributed by atoms with Crippen molar-refractivity contribution in [3.8, 4) is 11.8 Å². The SMILES string of the molecule is Cc1cc(C#CCS)cnc1N. The van der Waals surface area contributed by atoms with Gasteiger partial charge in [-0.1, -0.05) is 11.8 Å². The van der Waals surface area contributed by atoms with E-state index < -0.39 is 0 Å². The molecule has 0 saturated carbocycles. The molecule has 1 rings (SSSR count). The second-order valence-corrected chi connectivity index (χ2v) is 2.70. The summed E-state index contributed by atoms with van der Waals surface area (Å²) in [5.74, 6) is 6.88. The molecule has 1 aromatic heterocycles. The van der Waals surface area contributed by atoms with Gasteiger partial charge in [0.15, 0.2) is 0 Å². The van der Waals surface area contributed by atoms with Crippen LogP contribution in [0.1, 0.15) is 11.1 Å². The largest absolute Gasteiger partial charge is 0.383 e. The Bertz CT molecular complexity index is 336. The van der Waals surface area contributed by atoms with Crippen molar-refractivity contribution in [1.29, 1.82) is 0 Å². The van der Waals surface area contributed by atoms with E-state index in [0.717, 1.165) is 11.1 Å². The smallest absolute Gasteiger partial charge is 0.126 e. The van der Waals surface area contributed by atoms with Crippen molar-refractivity contribution < 1.29 is 0 Å². The molecule has 3 heteroatoms. The minimum Gasteiger partial charge on any atom is -0.383 e. The molecule has 0 aliphatic heterocycles. The first-order chi connectivity index (χ1) is 5.74. The maximum Gasteiger partial charge on any atom is 0.126 e. The van der Waals surface area contributed by atoms with Crippen molar-refractivity contribution in [1.82, 2.24) is 4.98 Å². The van der Waals surface area contributed by atoms with Gasteiger partial charge >= 0.3 is 0 Å². The van der Waals surface area contributed by atoms with Gasteiger partial charge in [-0.2, -0.15) is 12.6 Å². The van der Waals surface area contributed by atoms with E-state index in [1.54, 1.807) is 6.20 Å². The summed E-state index contributed by atoms with van der Waals surface area (Å²) in [6.45, 7) is 1.91. The second kappa shape index (κ2) is 4.03. The molecule has 0 spiro atoms.